The van der Waals surface area contributed by atoms with Gasteiger partial charge in [0, 0.05) is 26.1 Å². The van der Waals surface area contributed by atoms with Crippen LogP contribution in [0.3, 0.4) is 0 Å². The maximum atomic E-state index is 11.1. The van der Waals surface area contributed by atoms with Gasteiger partial charge in [0.25, 0.3) is 0 Å². The molecule has 0 radical (unpaired) electrons. The lowest BCUT2D eigenvalue weighted by Gasteiger charge is -2.08. The average Bonchev–Trinajstić information content (AvgIpc) is 2.14. The first-order valence-corrected chi connectivity index (χ1v) is 4.72. The number of methoxy groups -OCH3 is 1. The van der Waals surface area contributed by atoms with Gasteiger partial charge in [-0.2, -0.15) is 0 Å². The minimum Gasteiger partial charge on any atom is -0.383 e. The van der Waals surface area contributed by atoms with Gasteiger partial charge in [-0.05, 0) is 12.8 Å². The van der Waals surface area contributed by atoms with E-state index in [-0.39, 0.29) is 11.9 Å². The van der Waals surface area contributed by atoms with Crippen LogP contribution < -0.4 is 11.1 Å². The number of ether oxygens (including phenoxy) is 1. The second-order valence-electron chi connectivity index (χ2n) is 3.05. The summed E-state index contributed by atoms with van der Waals surface area (Å²) in [5.41, 5.74) is 5.67. The van der Waals surface area contributed by atoms with Crippen molar-refractivity contribution in [3.63, 3.8) is 0 Å². The van der Waals surface area contributed by atoms with Crippen LogP contribution in [0.5, 0.6) is 0 Å². The standard InChI is InChI=1S/C9H20N2O2/c1-3-8(10)4-5-9(12)11-6-7-13-2/h8H,3-7,10H2,1-2H3,(H,11,12). The topological polar surface area (TPSA) is 64.4 Å². The molecule has 78 valence electrons. The van der Waals surface area contributed by atoms with E-state index in [2.05, 4.69) is 5.32 Å². The van der Waals surface area contributed by atoms with Gasteiger partial charge in [0.05, 0.1) is 6.61 Å². The van der Waals surface area contributed by atoms with E-state index >= 15 is 0 Å². The van der Waals surface area contributed by atoms with Crippen molar-refractivity contribution in [1.29, 1.82) is 0 Å². The average molecular weight is 188 g/mol. The summed E-state index contributed by atoms with van der Waals surface area (Å²) in [6.45, 7) is 3.16. The van der Waals surface area contributed by atoms with Gasteiger partial charge < -0.3 is 15.8 Å². The quantitative estimate of drug-likeness (QED) is 0.563. The van der Waals surface area contributed by atoms with Crippen LogP contribution in [0.2, 0.25) is 0 Å². The summed E-state index contributed by atoms with van der Waals surface area (Å²) in [4.78, 5) is 11.1. The van der Waals surface area contributed by atoms with Gasteiger partial charge >= 0.3 is 0 Å². The Morgan fingerprint density at radius 2 is 2.31 bits per heavy atom. The van der Waals surface area contributed by atoms with Crippen LogP contribution in [0.1, 0.15) is 26.2 Å². The van der Waals surface area contributed by atoms with E-state index < -0.39 is 0 Å². The van der Waals surface area contributed by atoms with E-state index in [0.29, 0.717) is 19.6 Å². The molecular weight excluding hydrogens is 168 g/mol. The van der Waals surface area contributed by atoms with Crippen molar-refractivity contribution in [2.45, 2.75) is 32.2 Å². The van der Waals surface area contributed by atoms with E-state index in [4.69, 9.17) is 10.5 Å². The van der Waals surface area contributed by atoms with Gasteiger partial charge in [0.1, 0.15) is 0 Å². The van der Waals surface area contributed by atoms with Crippen LogP contribution in [-0.2, 0) is 9.53 Å². The highest BCUT2D eigenvalue weighted by molar-refractivity contribution is 5.75. The van der Waals surface area contributed by atoms with Gasteiger partial charge in [0.15, 0.2) is 0 Å². The van der Waals surface area contributed by atoms with E-state index in [9.17, 15) is 4.79 Å². The van der Waals surface area contributed by atoms with Crippen molar-refractivity contribution in [3.8, 4) is 0 Å². The lowest BCUT2D eigenvalue weighted by Crippen LogP contribution is -2.29. The first-order valence-electron chi connectivity index (χ1n) is 4.72. The molecule has 0 saturated carbocycles. The summed E-state index contributed by atoms with van der Waals surface area (Å²) in [7, 11) is 1.61. The molecule has 0 bridgehead atoms. The van der Waals surface area contributed by atoms with Gasteiger partial charge in [0.2, 0.25) is 5.91 Å². The molecule has 3 N–H and O–H groups in total. The van der Waals surface area contributed by atoms with E-state index in [0.717, 1.165) is 12.8 Å². The number of nitrogens with two attached hydrogens (primary N) is 1. The number of nitrogens with one attached hydrogen (secondary N) is 1. The molecule has 4 heteroatoms. The molecule has 0 heterocycles. The molecule has 0 saturated heterocycles. The number of hydrogen-bond acceptors (Lipinski definition) is 3. The van der Waals surface area contributed by atoms with Crippen molar-refractivity contribution in [2.24, 2.45) is 5.73 Å². The van der Waals surface area contributed by atoms with E-state index in [1.807, 2.05) is 6.92 Å². The summed E-state index contributed by atoms with van der Waals surface area (Å²) in [5, 5.41) is 2.74. The molecule has 1 amide bonds. The van der Waals surface area contributed by atoms with E-state index in [1.54, 1.807) is 7.11 Å². The molecule has 4 nitrogen and oxygen atoms in total. The number of amides is 1. The van der Waals surface area contributed by atoms with Crippen molar-refractivity contribution in [2.75, 3.05) is 20.3 Å². The smallest absolute Gasteiger partial charge is 0.220 e. The maximum absolute atomic E-state index is 11.1. The minimum atomic E-state index is 0.0564. The molecule has 0 aromatic heterocycles. The normalized spacial score (nSPS) is 12.5. The molecule has 0 aliphatic rings. The zero-order valence-corrected chi connectivity index (χ0v) is 8.51. The Kier molecular flexibility index (Phi) is 7.63. The van der Waals surface area contributed by atoms with Crippen LogP contribution >= 0.6 is 0 Å². The summed E-state index contributed by atoms with van der Waals surface area (Å²) < 4.78 is 4.80. The predicted molar refractivity (Wildman–Crippen MR) is 52.4 cm³/mol. The van der Waals surface area contributed by atoms with Crippen molar-refractivity contribution < 1.29 is 9.53 Å². The Labute approximate surface area is 79.8 Å². The zero-order valence-electron chi connectivity index (χ0n) is 8.51. The summed E-state index contributed by atoms with van der Waals surface area (Å²) in [5.74, 6) is 0.0564. The fourth-order valence-electron chi connectivity index (χ4n) is 0.902. The summed E-state index contributed by atoms with van der Waals surface area (Å²) in [6.07, 6.45) is 2.19. The first-order chi connectivity index (χ1) is 6.20. The van der Waals surface area contributed by atoms with Crippen molar-refractivity contribution >= 4 is 5.91 Å². The van der Waals surface area contributed by atoms with Crippen LogP contribution in [0, 0.1) is 0 Å². The monoisotopic (exact) mass is 188 g/mol. The minimum absolute atomic E-state index is 0.0564. The fourth-order valence-corrected chi connectivity index (χ4v) is 0.902. The third-order valence-corrected chi connectivity index (χ3v) is 1.89. The molecule has 0 aromatic rings. The summed E-state index contributed by atoms with van der Waals surface area (Å²) >= 11 is 0. The van der Waals surface area contributed by atoms with Crippen LogP contribution in [0.25, 0.3) is 0 Å². The van der Waals surface area contributed by atoms with Crippen molar-refractivity contribution in [3.05, 3.63) is 0 Å². The highest BCUT2D eigenvalue weighted by Crippen LogP contribution is 1.97. The fraction of sp³-hybridized carbons (Fsp3) is 0.889. The third-order valence-electron chi connectivity index (χ3n) is 1.89. The number of rotatable bonds is 7. The third kappa shape index (κ3) is 7.74. The molecule has 1 unspecified atom stereocenters. The Balaban J connectivity index is 3.30. The predicted octanol–water partition coefficient (Wildman–Crippen LogP) is 0.267. The molecule has 1 atom stereocenters. The maximum Gasteiger partial charge on any atom is 0.220 e. The molecule has 0 aliphatic carbocycles. The molecule has 0 aromatic carbocycles. The molecule has 0 rings (SSSR count). The number of carbonyl (C=O) groups excluding carboxylic acids is 1. The Bertz CT molecular complexity index is 140. The van der Waals surface area contributed by atoms with Crippen LogP contribution in [-0.4, -0.2) is 32.2 Å². The lowest BCUT2D eigenvalue weighted by atomic mass is 10.1. The van der Waals surface area contributed by atoms with E-state index in [1.165, 1.54) is 0 Å². The Morgan fingerprint density at radius 1 is 1.62 bits per heavy atom. The summed E-state index contributed by atoms with van der Waals surface area (Å²) in [6, 6.07) is 0.146. The number of carbonyl (C=O) groups is 1. The number of hydrogen-bond donors (Lipinski definition) is 2. The lowest BCUT2D eigenvalue weighted by molar-refractivity contribution is -0.121. The highest BCUT2D eigenvalue weighted by Gasteiger charge is 2.04. The molecule has 0 spiro atoms. The SMILES string of the molecule is CCC(N)CCC(=O)NCCOC. The zero-order chi connectivity index (χ0) is 10.1. The van der Waals surface area contributed by atoms with Gasteiger partial charge in [-0.25, -0.2) is 0 Å². The van der Waals surface area contributed by atoms with Gasteiger partial charge in [-0.15, -0.1) is 0 Å². The van der Waals surface area contributed by atoms with Crippen LogP contribution in [0.15, 0.2) is 0 Å². The molecule has 0 fully saturated rings. The second kappa shape index (κ2) is 8.01. The molecule has 13 heavy (non-hydrogen) atoms. The Hall–Kier alpha value is -0.610. The largest absolute Gasteiger partial charge is 0.383 e. The highest BCUT2D eigenvalue weighted by atomic mass is 16.5. The Morgan fingerprint density at radius 3 is 2.85 bits per heavy atom. The molecular formula is C9H20N2O2. The van der Waals surface area contributed by atoms with Crippen molar-refractivity contribution in [1.82, 2.24) is 5.32 Å². The van der Waals surface area contributed by atoms with Crippen LogP contribution in [0.4, 0.5) is 0 Å². The van der Waals surface area contributed by atoms with Gasteiger partial charge in [-0.1, -0.05) is 6.92 Å². The first kappa shape index (κ1) is 12.4. The molecule has 0 aliphatic heterocycles. The second-order valence-corrected chi connectivity index (χ2v) is 3.05. The van der Waals surface area contributed by atoms with Gasteiger partial charge in [-0.3, -0.25) is 4.79 Å².